The fourth-order valence-corrected chi connectivity index (χ4v) is 2.90. The Hall–Kier alpha value is -2.57. The van der Waals surface area contributed by atoms with Crippen LogP contribution in [0.3, 0.4) is 0 Å². The van der Waals surface area contributed by atoms with Gasteiger partial charge >= 0.3 is 12.0 Å². The van der Waals surface area contributed by atoms with Crippen LogP contribution < -0.4 is 15.4 Å². The largest absolute Gasteiger partial charge is 0.494 e. The van der Waals surface area contributed by atoms with E-state index in [2.05, 4.69) is 17.6 Å². The van der Waals surface area contributed by atoms with Crippen LogP contribution in [0.15, 0.2) is 24.3 Å². The number of hydrogen-bond donors (Lipinski definition) is 2. The van der Waals surface area contributed by atoms with Crippen molar-refractivity contribution in [1.29, 1.82) is 0 Å². The number of carbonyl (C=O) groups excluding carboxylic acids is 3. The van der Waals surface area contributed by atoms with Crippen LogP contribution in [0.2, 0.25) is 0 Å². The zero-order valence-electron chi connectivity index (χ0n) is 15.8. The third-order valence-electron chi connectivity index (χ3n) is 4.38. The zero-order chi connectivity index (χ0) is 19.5. The molecule has 1 aromatic carbocycles. The van der Waals surface area contributed by atoms with Gasteiger partial charge in [0.25, 0.3) is 5.91 Å². The van der Waals surface area contributed by atoms with Crippen molar-refractivity contribution in [2.75, 3.05) is 13.2 Å². The molecule has 0 spiro atoms. The highest BCUT2D eigenvalue weighted by molar-refractivity contribution is 5.97. The second kappa shape index (κ2) is 11.2. The lowest BCUT2D eigenvalue weighted by molar-refractivity contribution is -0.123. The molecule has 1 saturated carbocycles. The number of amides is 3. The maximum atomic E-state index is 12.0. The number of esters is 1. The van der Waals surface area contributed by atoms with E-state index in [1.165, 1.54) is 0 Å². The van der Waals surface area contributed by atoms with Gasteiger partial charge in [-0.2, -0.15) is 0 Å². The van der Waals surface area contributed by atoms with E-state index in [9.17, 15) is 14.4 Å². The maximum Gasteiger partial charge on any atom is 0.338 e. The predicted octanol–water partition coefficient (Wildman–Crippen LogP) is 3.18. The molecule has 0 aromatic heterocycles. The summed E-state index contributed by atoms with van der Waals surface area (Å²) in [7, 11) is 0. The Bertz CT molecular complexity index is 624. The van der Waals surface area contributed by atoms with Gasteiger partial charge in [0.05, 0.1) is 12.2 Å². The first-order valence-corrected chi connectivity index (χ1v) is 9.59. The third kappa shape index (κ3) is 7.68. The van der Waals surface area contributed by atoms with Crippen molar-refractivity contribution in [1.82, 2.24) is 10.6 Å². The van der Waals surface area contributed by atoms with Crippen LogP contribution in [0, 0.1) is 0 Å². The SMILES string of the molecule is CCCCCOc1ccc(C(=O)OCC(=O)NC(=O)NC2CCCC2)cc1. The molecule has 0 radical (unpaired) electrons. The highest BCUT2D eigenvalue weighted by Gasteiger charge is 2.18. The molecule has 148 valence electrons. The summed E-state index contributed by atoms with van der Waals surface area (Å²) in [6.07, 6.45) is 7.25. The van der Waals surface area contributed by atoms with Crippen molar-refractivity contribution in [3.63, 3.8) is 0 Å². The molecule has 1 aromatic rings. The number of nitrogens with one attached hydrogen (secondary N) is 2. The van der Waals surface area contributed by atoms with Gasteiger partial charge in [0.2, 0.25) is 0 Å². The summed E-state index contributed by atoms with van der Waals surface area (Å²) >= 11 is 0. The van der Waals surface area contributed by atoms with Crippen LogP contribution in [0.1, 0.15) is 62.2 Å². The van der Waals surface area contributed by atoms with Crippen LogP contribution >= 0.6 is 0 Å². The summed E-state index contributed by atoms with van der Waals surface area (Å²) in [5.74, 6) is -0.599. The molecule has 0 bridgehead atoms. The van der Waals surface area contributed by atoms with Gasteiger partial charge in [-0.1, -0.05) is 32.6 Å². The summed E-state index contributed by atoms with van der Waals surface area (Å²) in [6.45, 7) is 2.26. The van der Waals surface area contributed by atoms with Gasteiger partial charge in [-0.3, -0.25) is 10.1 Å². The molecule has 0 aliphatic heterocycles. The van der Waals surface area contributed by atoms with Gasteiger partial charge in [0.1, 0.15) is 5.75 Å². The molecule has 0 heterocycles. The summed E-state index contributed by atoms with van der Waals surface area (Å²) in [6, 6.07) is 6.12. The molecule has 7 nitrogen and oxygen atoms in total. The standard InChI is InChI=1S/C20H28N2O5/c1-2-3-6-13-26-17-11-9-15(10-12-17)19(24)27-14-18(23)22-20(25)21-16-7-4-5-8-16/h9-12,16H,2-8,13-14H2,1H3,(H2,21,22,23,25). The topological polar surface area (TPSA) is 93.7 Å². The van der Waals surface area contributed by atoms with Crippen molar-refractivity contribution in [2.24, 2.45) is 0 Å². The van der Waals surface area contributed by atoms with E-state index in [0.717, 1.165) is 44.9 Å². The minimum atomic E-state index is -0.658. The highest BCUT2D eigenvalue weighted by atomic mass is 16.5. The van der Waals surface area contributed by atoms with Crippen molar-refractivity contribution >= 4 is 17.9 Å². The van der Waals surface area contributed by atoms with Crippen LogP contribution in [0.4, 0.5) is 4.79 Å². The molecule has 0 saturated heterocycles. The van der Waals surface area contributed by atoms with Gasteiger partial charge in [-0.05, 0) is 43.5 Å². The minimum Gasteiger partial charge on any atom is -0.494 e. The zero-order valence-corrected chi connectivity index (χ0v) is 15.8. The number of urea groups is 1. The Morgan fingerprint density at radius 2 is 1.78 bits per heavy atom. The fraction of sp³-hybridized carbons (Fsp3) is 0.550. The van der Waals surface area contributed by atoms with E-state index in [1.807, 2.05) is 0 Å². The first-order chi connectivity index (χ1) is 13.1. The molecular formula is C20H28N2O5. The van der Waals surface area contributed by atoms with Crippen LogP contribution in [-0.4, -0.2) is 37.2 Å². The second-order valence-corrected chi connectivity index (χ2v) is 6.66. The van der Waals surface area contributed by atoms with Gasteiger partial charge in [0, 0.05) is 6.04 Å². The lowest BCUT2D eigenvalue weighted by atomic mass is 10.2. The molecule has 27 heavy (non-hydrogen) atoms. The van der Waals surface area contributed by atoms with Gasteiger partial charge in [-0.15, -0.1) is 0 Å². The summed E-state index contributed by atoms with van der Waals surface area (Å²) < 4.78 is 10.5. The van der Waals surface area contributed by atoms with Crippen molar-refractivity contribution in [3.8, 4) is 5.75 Å². The fourth-order valence-electron chi connectivity index (χ4n) is 2.90. The Kier molecular flexibility index (Phi) is 8.61. The van der Waals surface area contributed by atoms with Gasteiger partial charge in [-0.25, -0.2) is 9.59 Å². The average molecular weight is 376 g/mol. The Morgan fingerprint density at radius 1 is 1.07 bits per heavy atom. The Morgan fingerprint density at radius 3 is 2.44 bits per heavy atom. The number of imide groups is 1. The van der Waals surface area contributed by atoms with E-state index in [1.54, 1.807) is 24.3 Å². The van der Waals surface area contributed by atoms with Crippen LogP contribution in [-0.2, 0) is 9.53 Å². The minimum absolute atomic E-state index is 0.114. The molecule has 1 fully saturated rings. The number of benzene rings is 1. The third-order valence-corrected chi connectivity index (χ3v) is 4.38. The molecule has 2 N–H and O–H groups in total. The highest BCUT2D eigenvalue weighted by Crippen LogP contribution is 2.17. The average Bonchev–Trinajstić information content (AvgIpc) is 3.16. The summed E-state index contributed by atoms with van der Waals surface area (Å²) in [4.78, 5) is 35.4. The van der Waals surface area contributed by atoms with E-state index in [0.29, 0.717) is 17.9 Å². The first-order valence-electron chi connectivity index (χ1n) is 9.59. The smallest absolute Gasteiger partial charge is 0.338 e. The van der Waals surface area contributed by atoms with E-state index in [4.69, 9.17) is 9.47 Å². The van der Waals surface area contributed by atoms with Gasteiger partial charge < -0.3 is 14.8 Å². The van der Waals surface area contributed by atoms with Crippen LogP contribution in [0.5, 0.6) is 5.75 Å². The van der Waals surface area contributed by atoms with E-state index >= 15 is 0 Å². The predicted molar refractivity (Wildman–Crippen MR) is 101 cm³/mol. The van der Waals surface area contributed by atoms with Crippen LogP contribution in [0.25, 0.3) is 0 Å². The number of unbranched alkanes of at least 4 members (excludes halogenated alkanes) is 2. The van der Waals surface area contributed by atoms with Gasteiger partial charge in [0.15, 0.2) is 6.61 Å². The maximum absolute atomic E-state index is 12.0. The summed E-state index contributed by atoms with van der Waals surface area (Å²) in [5.41, 5.74) is 0.319. The number of hydrogen-bond acceptors (Lipinski definition) is 5. The molecule has 2 rings (SSSR count). The van der Waals surface area contributed by atoms with Crippen molar-refractivity contribution < 1.29 is 23.9 Å². The lowest BCUT2D eigenvalue weighted by Gasteiger charge is -2.12. The first kappa shape index (κ1) is 20.7. The van der Waals surface area contributed by atoms with E-state index in [-0.39, 0.29) is 6.04 Å². The molecule has 0 atom stereocenters. The number of carbonyl (C=O) groups is 3. The normalized spacial score (nSPS) is 13.8. The molecule has 1 aliphatic carbocycles. The van der Waals surface area contributed by atoms with Crippen molar-refractivity contribution in [2.45, 2.75) is 57.9 Å². The van der Waals surface area contributed by atoms with E-state index < -0.39 is 24.5 Å². The molecule has 7 heteroatoms. The number of ether oxygens (including phenoxy) is 2. The monoisotopic (exact) mass is 376 g/mol. The van der Waals surface area contributed by atoms with Crippen molar-refractivity contribution in [3.05, 3.63) is 29.8 Å². The summed E-state index contributed by atoms with van der Waals surface area (Å²) in [5, 5.41) is 4.90. The lowest BCUT2D eigenvalue weighted by Crippen LogP contribution is -2.44. The Balaban J connectivity index is 1.68. The second-order valence-electron chi connectivity index (χ2n) is 6.66. The Labute approximate surface area is 159 Å². The molecule has 1 aliphatic rings. The molecule has 0 unspecified atom stereocenters. The molecule has 3 amide bonds. The number of rotatable bonds is 9. The molecular weight excluding hydrogens is 348 g/mol. The quantitative estimate of drug-likeness (QED) is 0.510.